The first-order chi connectivity index (χ1) is 6.56. The predicted molar refractivity (Wildman–Crippen MR) is 53.9 cm³/mol. The number of amides is 1. The molecule has 1 N–H and O–H groups in total. The van der Waals surface area contributed by atoms with E-state index in [1.165, 1.54) is 0 Å². The van der Waals surface area contributed by atoms with Gasteiger partial charge in [-0.2, -0.15) is 0 Å². The van der Waals surface area contributed by atoms with E-state index in [2.05, 4.69) is 10.2 Å². The zero-order valence-corrected chi connectivity index (χ0v) is 9.04. The molecule has 1 aliphatic rings. The van der Waals surface area contributed by atoms with Crippen LogP contribution in [-0.4, -0.2) is 42.8 Å². The number of piperidine rings is 1. The number of hydrogen-bond acceptors (Lipinski definition) is 3. The Hall–Kier alpha value is -0.900. The molecule has 1 amide bonds. The lowest BCUT2D eigenvalue weighted by molar-refractivity contribution is -0.131. The zero-order chi connectivity index (χ0) is 10.7. The molecule has 2 unspecified atom stereocenters. The molecule has 0 spiro atoms. The van der Waals surface area contributed by atoms with E-state index in [1.807, 2.05) is 13.8 Å². The molecule has 4 heteroatoms. The van der Waals surface area contributed by atoms with Crippen molar-refractivity contribution < 1.29 is 9.59 Å². The molecule has 80 valence electrons. The van der Waals surface area contributed by atoms with E-state index < -0.39 is 0 Å². The molecule has 0 aliphatic carbocycles. The molecule has 0 aromatic heterocycles. The third-order valence-corrected chi connectivity index (χ3v) is 2.88. The fourth-order valence-electron chi connectivity index (χ4n) is 1.77. The largest absolute Gasteiger partial charge is 0.358 e. The SMILES string of the molecule is CNC(=O)C(C)N1CCC(=O)C(C)C1. The molecule has 0 saturated carbocycles. The number of rotatable bonds is 2. The quantitative estimate of drug-likeness (QED) is 0.681. The highest BCUT2D eigenvalue weighted by Gasteiger charge is 2.28. The molecule has 0 aromatic rings. The summed E-state index contributed by atoms with van der Waals surface area (Å²) in [5.74, 6) is 0.396. The molecular weight excluding hydrogens is 180 g/mol. The van der Waals surface area contributed by atoms with Crippen LogP contribution in [0, 0.1) is 5.92 Å². The minimum Gasteiger partial charge on any atom is -0.358 e. The highest BCUT2D eigenvalue weighted by atomic mass is 16.2. The second-order valence-electron chi connectivity index (χ2n) is 3.90. The van der Waals surface area contributed by atoms with Crippen molar-refractivity contribution in [2.45, 2.75) is 26.3 Å². The van der Waals surface area contributed by atoms with Crippen LogP contribution >= 0.6 is 0 Å². The summed E-state index contributed by atoms with van der Waals surface area (Å²) in [5.41, 5.74) is 0. The normalized spacial score (nSPS) is 25.9. The maximum Gasteiger partial charge on any atom is 0.236 e. The van der Waals surface area contributed by atoms with Gasteiger partial charge in [-0.05, 0) is 6.92 Å². The summed E-state index contributed by atoms with van der Waals surface area (Å²) < 4.78 is 0. The van der Waals surface area contributed by atoms with Crippen LogP contribution in [0.15, 0.2) is 0 Å². The van der Waals surface area contributed by atoms with Crippen molar-refractivity contribution in [3.05, 3.63) is 0 Å². The summed E-state index contributed by atoms with van der Waals surface area (Å²) in [6.07, 6.45) is 0.572. The van der Waals surface area contributed by atoms with Crippen LogP contribution in [0.5, 0.6) is 0 Å². The maximum absolute atomic E-state index is 11.4. The Kier molecular flexibility index (Phi) is 3.63. The van der Waals surface area contributed by atoms with Gasteiger partial charge in [-0.1, -0.05) is 6.92 Å². The average molecular weight is 198 g/mol. The van der Waals surface area contributed by atoms with Crippen LogP contribution in [0.1, 0.15) is 20.3 Å². The number of likely N-dealkylation sites (N-methyl/N-ethyl adjacent to an activating group) is 1. The number of hydrogen-bond donors (Lipinski definition) is 1. The van der Waals surface area contributed by atoms with Gasteiger partial charge in [0.15, 0.2) is 0 Å². The van der Waals surface area contributed by atoms with E-state index in [-0.39, 0.29) is 17.9 Å². The summed E-state index contributed by atoms with van der Waals surface area (Å²) in [4.78, 5) is 24.7. The lowest BCUT2D eigenvalue weighted by Crippen LogP contribution is -2.50. The first-order valence-electron chi connectivity index (χ1n) is 5.04. The number of nitrogens with zero attached hydrogens (tertiary/aromatic N) is 1. The third-order valence-electron chi connectivity index (χ3n) is 2.88. The molecule has 1 rings (SSSR count). The molecule has 0 aromatic carbocycles. The van der Waals surface area contributed by atoms with E-state index in [0.717, 1.165) is 0 Å². The molecule has 1 heterocycles. The zero-order valence-electron chi connectivity index (χ0n) is 9.04. The average Bonchev–Trinajstić information content (AvgIpc) is 2.20. The third kappa shape index (κ3) is 2.32. The van der Waals surface area contributed by atoms with Gasteiger partial charge in [-0.25, -0.2) is 0 Å². The molecule has 1 aliphatic heterocycles. The molecular formula is C10H18N2O2. The minimum atomic E-state index is -0.129. The van der Waals surface area contributed by atoms with Crippen LogP contribution in [0.2, 0.25) is 0 Å². The Morgan fingerprint density at radius 3 is 2.79 bits per heavy atom. The second kappa shape index (κ2) is 4.55. The number of carbonyl (C=O) groups is 2. The fraction of sp³-hybridized carbons (Fsp3) is 0.800. The van der Waals surface area contributed by atoms with Gasteiger partial charge in [0, 0.05) is 32.5 Å². The molecule has 2 atom stereocenters. The lowest BCUT2D eigenvalue weighted by atomic mass is 9.97. The Morgan fingerprint density at radius 1 is 1.64 bits per heavy atom. The monoisotopic (exact) mass is 198 g/mol. The van der Waals surface area contributed by atoms with Gasteiger partial charge in [-0.15, -0.1) is 0 Å². The van der Waals surface area contributed by atoms with Gasteiger partial charge < -0.3 is 5.32 Å². The van der Waals surface area contributed by atoms with Crippen LogP contribution in [0.25, 0.3) is 0 Å². The molecule has 0 radical (unpaired) electrons. The molecule has 1 saturated heterocycles. The Morgan fingerprint density at radius 2 is 2.29 bits per heavy atom. The molecule has 1 fully saturated rings. The fourth-order valence-corrected chi connectivity index (χ4v) is 1.77. The number of nitrogens with one attached hydrogen (secondary N) is 1. The van der Waals surface area contributed by atoms with Gasteiger partial charge in [0.1, 0.15) is 5.78 Å². The van der Waals surface area contributed by atoms with Crippen LogP contribution < -0.4 is 5.32 Å². The first kappa shape index (κ1) is 11.2. The summed E-state index contributed by atoms with van der Waals surface area (Å²) >= 11 is 0. The lowest BCUT2D eigenvalue weighted by Gasteiger charge is -2.33. The predicted octanol–water partition coefficient (Wildman–Crippen LogP) is 0.0318. The molecule has 14 heavy (non-hydrogen) atoms. The molecule has 0 bridgehead atoms. The number of carbonyl (C=O) groups excluding carboxylic acids is 2. The minimum absolute atomic E-state index is 0.0200. The first-order valence-corrected chi connectivity index (χ1v) is 5.04. The van der Waals surface area contributed by atoms with Crippen molar-refractivity contribution in [3.8, 4) is 0 Å². The van der Waals surface area contributed by atoms with E-state index >= 15 is 0 Å². The van der Waals surface area contributed by atoms with Crippen molar-refractivity contribution in [1.29, 1.82) is 0 Å². The topological polar surface area (TPSA) is 49.4 Å². The van der Waals surface area contributed by atoms with E-state index in [9.17, 15) is 9.59 Å². The molecule has 4 nitrogen and oxygen atoms in total. The maximum atomic E-state index is 11.4. The Bertz CT molecular complexity index is 240. The standard InChI is InChI=1S/C10H18N2O2/c1-7-6-12(5-4-9(7)13)8(2)10(14)11-3/h7-8H,4-6H2,1-3H3,(H,11,14). The number of ketones is 1. The van der Waals surface area contributed by atoms with Crippen molar-refractivity contribution in [1.82, 2.24) is 10.2 Å². The Balaban J connectivity index is 2.54. The van der Waals surface area contributed by atoms with E-state index in [4.69, 9.17) is 0 Å². The van der Waals surface area contributed by atoms with E-state index in [0.29, 0.717) is 25.3 Å². The summed E-state index contributed by atoms with van der Waals surface area (Å²) in [7, 11) is 1.64. The van der Waals surface area contributed by atoms with Crippen LogP contribution in [0.4, 0.5) is 0 Å². The summed E-state index contributed by atoms with van der Waals surface area (Å²) in [6.45, 7) is 5.21. The van der Waals surface area contributed by atoms with Crippen LogP contribution in [-0.2, 0) is 9.59 Å². The van der Waals surface area contributed by atoms with Gasteiger partial charge in [0.2, 0.25) is 5.91 Å². The smallest absolute Gasteiger partial charge is 0.236 e. The van der Waals surface area contributed by atoms with Crippen molar-refractivity contribution >= 4 is 11.7 Å². The van der Waals surface area contributed by atoms with Crippen molar-refractivity contribution in [2.75, 3.05) is 20.1 Å². The second-order valence-corrected chi connectivity index (χ2v) is 3.90. The highest BCUT2D eigenvalue weighted by molar-refractivity contribution is 5.83. The summed E-state index contributed by atoms with van der Waals surface area (Å²) in [5, 5.41) is 2.62. The van der Waals surface area contributed by atoms with Crippen molar-refractivity contribution in [2.24, 2.45) is 5.92 Å². The van der Waals surface area contributed by atoms with Gasteiger partial charge in [0.25, 0.3) is 0 Å². The van der Waals surface area contributed by atoms with Crippen molar-refractivity contribution in [3.63, 3.8) is 0 Å². The Labute approximate surface area is 84.7 Å². The van der Waals surface area contributed by atoms with Crippen LogP contribution in [0.3, 0.4) is 0 Å². The van der Waals surface area contributed by atoms with Gasteiger partial charge in [0.05, 0.1) is 6.04 Å². The van der Waals surface area contributed by atoms with Gasteiger partial charge >= 0.3 is 0 Å². The summed E-state index contributed by atoms with van der Waals surface area (Å²) in [6, 6.07) is -0.129. The number of likely N-dealkylation sites (tertiary alicyclic amines) is 1. The van der Waals surface area contributed by atoms with Gasteiger partial charge in [-0.3, -0.25) is 14.5 Å². The van der Waals surface area contributed by atoms with E-state index in [1.54, 1.807) is 7.05 Å². The highest BCUT2D eigenvalue weighted by Crippen LogP contribution is 2.14. The number of Topliss-reactive ketones (excluding diaryl/α,β-unsaturated/α-hetero) is 1.